The second-order valence-electron chi connectivity index (χ2n) is 12.1. The fourth-order valence-corrected chi connectivity index (χ4v) is 8.76. The molecule has 0 amide bonds. The summed E-state index contributed by atoms with van der Waals surface area (Å²) in [6.45, 7) is 10.1. The molecule has 4 aliphatic carbocycles. The van der Waals surface area contributed by atoms with Crippen molar-refractivity contribution in [2.24, 2.45) is 46.3 Å². The monoisotopic (exact) mass is 374 g/mol. The number of rotatable bonds is 5. The maximum Gasteiger partial charge on any atom is 0.0543 e. The van der Waals surface area contributed by atoms with Crippen LogP contribution in [0.1, 0.15) is 111 Å². The summed E-state index contributed by atoms with van der Waals surface area (Å²) in [5, 5.41) is 10.2. The Kier molecular flexibility index (Phi) is 5.74. The van der Waals surface area contributed by atoms with E-state index in [2.05, 4.69) is 27.7 Å². The molecule has 0 aromatic rings. The zero-order valence-electron chi connectivity index (χ0n) is 18.7. The molecule has 0 aromatic heterocycles. The van der Waals surface area contributed by atoms with Crippen LogP contribution in [0.4, 0.5) is 0 Å². The van der Waals surface area contributed by atoms with Crippen molar-refractivity contribution in [1.29, 1.82) is 0 Å². The van der Waals surface area contributed by atoms with Crippen LogP contribution in [0.3, 0.4) is 0 Å². The van der Waals surface area contributed by atoms with Gasteiger partial charge in [-0.05, 0) is 111 Å². The number of fused-ring (bicyclic) bond motifs is 5. The summed E-state index contributed by atoms with van der Waals surface area (Å²) in [5.74, 6) is 5.66. The van der Waals surface area contributed by atoms with E-state index >= 15 is 0 Å². The SMILES string of the molecule is CC(C)CCCCC1CCC2C3CC[C@H]4CC(O)CCC4(C)C3CCC12C. The summed E-state index contributed by atoms with van der Waals surface area (Å²) >= 11 is 0. The average molecular weight is 375 g/mol. The highest BCUT2D eigenvalue weighted by atomic mass is 16.3. The van der Waals surface area contributed by atoms with E-state index in [1.165, 1.54) is 70.6 Å². The largest absolute Gasteiger partial charge is 0.393 e. The zero-order chi connectivity index (χ0) is 19.2. The van der Waals surface area contributed by atoms with Crippen molar-refractivity contribution >= 4 is 0 Å². The van der Waals surface area contributed by atoms with Gasteiger partial charge in [0.15, 0.2) is 0 Å². The van der Waals surface area contributed by atoms with Gasteiger partial charge in [-0.25, -0.2) is 0 Å². The molecule has 27 heavy (non-hydrogen) atoms. The van der Waals surface area contributed by atoms with E-state index in [0.29, 0.717) is 10.8 Å². The van der Waals surface area contributed by atoms with Gasteiger partial charge in [0.1, 0.15) is 0 Å². The normalized spacial score (nSPS) is 49.6. The average Bonchev–Trinajstić information content (AvgIpc) is 2.96. The first kappa shape index (κ1) is 20.2. The van der Waals surface area contributed by atoms with Gasteiger partial charge >= 0.3 is 0 Å². The van der Waals surface area contributed by atoms with E-state index in [1.54, 1.807) is 0 Å². The standard InChI is InChI=1S/C26H46O/c1-18(2)7-5-6-8-19-10-12-23-22-11-9-20-17-21(27)13-15-26(20,4)24(22)14-16-25(19,23)3/h18-24,27H,5-17H2,1-4H3/t19?,20-,21?,22?,23?,24?,25?,26?/m0/s1. The molecule has 0 heterocycles. The minimum atomic E-state index is -0.00446. The van der Waals surface area contributed by atoms with Gasteiger partial charge in [0.25, 0.3) is 0 Å². The lowest BCUT2D eigenvalue weighted by Gasteiger charge is -2.61. The van der Waals surface area contributed by atoms with E-state index in [0.717, 1.165) is 48.3 Å². The maximum absolute atomic E-state index is 10.2. The fourth-order valence-electron chi connectivity index (χ4n) is 8.76. The first-order chi connectivity index (χ1) is 12.8. The van der Waals surface area contributed by atoms with E-state index < -0.39 is 0 Å². The van der Waals surface area contributed by atoms with Crippen LogP contribution in [0.25, 0.3) is 0 Å². The van der Waals surface area contributed by atoms with Gasteiger partial charge in [-0.2, -0.15) is 0 Å². The number of unbranched alkanes of at least 4 members (excludes halogenated alkanes) is 1. The van der Waals surface area contributed by atoms with E-state index in [1.807, 2.05) is 0 Å². The lowest BCUT2D eigenvalue weighted by Crippen LogP contribution is -2.53. The molecule has 0 spiro atoms. The Hall–Kier alpha value is -0.0400. The molecule has 156 valence electrons. The zero-order valence-corrected chi connectivity index (χ0v) is 18.7. The van der Waals surface area contributed by atoms with Crippen molar-refractivity contribution in [1.82, 2.24) is 0 Å². The molecule has 0 saturated heterocycles. The molecule has 0 bridgehead atoms. The molecule has 1 N–H and O–H groups in total. The Bertz CT molecular complexity index is 512. The highest BCUT2D eigenvalue weighted by Crippen LogP contribution is 2.67. The smallest absolute Gasteiger partial charge is 0.0543 e. The van der Waals surface area contributed by atoms with Crippen molar-refractivity contribution in [3.8, 4) is 0 Å². The minimum Gasteiger partial charge on any atom is -0.393 e. The molecule has 4 fully saturated rings. The van der Waals surface area contributed by atoms with Crippen LogP contribution >= 0.6 is 0 Å². The predicted octanol–water partition coefficient (Wildman–Crippen LogP) is 7.22. The number of hydrogen-bond donors (Lipinski definition) is 1. The lowest BCUT2D eigenvalue weighted by atomic mass is 9.44. The molecule has 4 saturated carbocycles. The van der Waals surface area contributed by atoms with Gasteiger partial charge in [0.2, 0.25) is 0 Å². The molecule has 8 atom stereocenters. The highest BCUT2D eigenvalue weighted by Gasteiger charge is 2.59. The number of aliphatic hydroxyl groups excluding tert-OH is 1. The van der Waals surface area contributed by atoms with Crippen molar-refractivity contribution in [2.75, 3.05) is 0 Å². The topological polar surface area (TPSA) is 20.2 Å². The van der Waals surface area contributed by atoms with Crippen molar-refractivity contribution in [2.45, 2.75) is 117 Å². The highest BCUT2D eigenvalue weighted by molar-refractivity contribution is 5.09. The van der Waals surface area contributed by atoms with Gasteiger partial charge in [0, 0.05) is 0 Å². The third kappa shape index (κ3) is 3.53. The summed E-state index contributed by atoms with van der Waals surface area (Å²) in [4.78, 5) is 0. The second kappa shape index (κ2) is 7.66. The molecule has 0 aromatic carbocycles. The summed E-state index contributed by atoms with van der Waals surface area (Å²) in [7, 11) is 0. The van der Waals surface area contributed by atoms with Gasteiger partial charge in [-0.1, -0.05) is 47.0 Å². The summed E-state index contributed by atoms with van der Waals surface area (Å²) in [5.41, 5.74) is 1.19. The first-order valence-electron chi connectivity index (χ1n) is 12.5. The van der Waals surface area contributed by atoms with Crippen molar-refractivity contribution in [3.63, 3.8) is 0 Å². The molecule has 0 radical (unpaired) electrons. The second-order valence-corrected chi connectivity index (χ2v) is 12.1. The van der Waals surface area contributed by atoms with Gasteiger partial charge in [-0.15, -0.1) is 0 Å². The molecular weight excluding hydrogens is 328 g/mol. The summed E-state index contributed by atoms with van der Waals surface area (Å²) < 4.78 is 0. The van der Waals surface area contributed by atoms with Gasteiger partial charge in [0.05, 0.1) is 6.10 Å². The van der Waals surface area contributed by atoms with Crippen LogP contribution in [0.5, 0.6) is 0 Å². The number of aliphatic hydroxyl groups is 1. The Morgan fingerprint density at radius 2 is 1.59 bits per heavy atom. The van der Waals surface area contributed by atoms with Gasteiger partial charge < -0.3 is 5.11 Å². The minimum absolute atomic E-state index is 0.00446. The van der Waals surface area contributed by atoms with Crippen LogP contribution in [0.2, 0.25) is 0 Å². The first-order valence-corrected chi connectivity index (χ1v) is 12.5. The number of hydrogen-bond acceptors (Lipinski definition) is 1. The molecule has 4 rings (SSSR count). The van der Waals surface area contributed by atoms with Gasteiger partial charge in [-0.3, -0.25) is 0 Å². The third-order valence-corrected chi connectivity index (χ3v) is 10.4. The third-order valence-electron chi connectivity index (χ3n) is 10.4. The fraction of sp³-hybridized carbons (Fsp3) is 1.00. The van der Waals surface area contributed by atoms with Crippen LogP contribution in [0, 0.1) is 46.3 Å². The Morgan fingerprint density at radius 1 is 0.852 bits per heavy atom. The quantitative estimate of drug-likeness (QED) is 0.503. The lowest BCUT2D eigenvalue weighted by molar-refractivity contribution is -0.127. The van der Waals surface area contributed by atoms with Crippen molar-refractivity contribution < 1.29 is 5.11 Å². The molecule has 7 unspecified atom stereocenters. The Morgan fingerprint density at radius 3 is 2.37 bits per heavy atom. The summed E-state index contributed by atoms with van der Waals surface area (Å²) in [6.07, 6.45) is 18.2. The Balaban J connectivity index is 1.43. The maximum atomic E-state index is 10.2. The van der Waals surface area contributed by atoms with E-state index in [4.69, 9.17) is 0 Å². The van der Waals surface area contributed by atoms with Crippen LogP contribution < -0.4 is 0 Å². The van der Waals surface area contributed by atoms with E-state index in [9.17, 15) is 5.11 Å². The molecule has 1 heteroatoms. The van der Waals surface area contributed by atoms with Crippen LogP contribution in [-0.2, 0) is 0 Å². The summed E-state index contributed by atoms with van der Waals surface area (Å²) in [6, 6.07) is 0. The van der Waals surface area contributed by atoms with Crippen LogP contribution in [0.15, 0.2) is 0 Å². The van der Waals surface area contributed by atoms with E-state index in [-0.39, 0.29) is 6.10 Å². The predicted molar refractivity (Wildman–Crippen MR) is 115 cm³/mol. The molecule has 4 aliphatic rings. The molecule has 0 aliphatic heterocycles. The van der Waals surface area contributed by atoms with Crippen LogP contribution in [-0.4, -0.2) is 11.2 Å². The molecule has 1 nitrogen and oxygen atoms in total. The molecular formula is C26H46O. The Labute approximate surface area is 169 Å². The van der Waals surface area contributed by atoms with Crippen molar-refractivity contribution in [3.05, 3.63) is 0 Å².